The van der Waals surface area contributed by atoms with E-state index in [-0.39, 0.29) is 6.04 Å². The fourth-order valence-electron chi connectivity index (χ4n) is 2.63. The summed E-state index contributed by atoms with van der Waals surface area (Å²) < 4.78 is 13.0. The van der Waals surface area contributed by atoms with Crippen LogP contribution in [0.3, 0.4) is 0 Å². The third kappa shape index (κ3) is 3.71. The van der Waals surface area contributed by atoms with Gasteiger partial charge in [0.1, 0.15) is 29.8 Å². The van der Waals surface area contributed by atoms with Crippen LogP contribution in [0.2, 0.25) is 0 Å². The number of nitrogens with zero attached hydrogens (tertiary/aromatic N) is 4. The summed E-state index contributed by atoms with van der Waals surface area (Å²) >= 11 is 0. The predicted octanol–water partition coefficient (Wildman–Crippen LogP) is 2.82. The molecule has 1 unspecified atom stereocenters. The number of hydrogen-bond donors (Lipinski definition) is 1. The minimum Gasteiger partial charge on any atom is -0.496 e. The number of nitrogens with one attached hydrogen (secondary N) is 1. The van der Waals surface area contributed by atoms with Crippen molar-refractivity contribution in [1.82, 2.24) is 19.5 Å². The number of imidazole rings is 1. The number of hydrogen-bond acceptors (Lipinski definition) is 6. The minimum atomic E-state index is -0.236. The Hall–Kier alpha value is -3.09. The quantitative estimate of drug-likeness (QED) is 0.713. The second kappa shape index (κ2) is 7.65. The number of anilines is 1. The number of benzene rings is 1. The van der Waals surface area contributed by atoms with Gasteiger partial charge < -0.3 is 19.4 Å². The van der Waals surface area contributed by atoms with E-state index in [1.54, 1.807) is 19.4 Å². The van der Waals surface area contributed by atoms with Crippen LogP contribution >= 0.6 is 0 Å². The molecule has 1 aromatic carbocycles. The molecule has 0 saturated carbocycles. The van der Waals surface area contributed by atoms with Crippen molar-refractivity contribution in [2.75, 3.05) is 19.0 Å². The molecule has 7 nitrogen and oxygen atoms in total. The van der Waals surface area contributed by atoms with Crippen LogP contribution in [-0.4, -0.2) is 33.2 Å². The monoisotopic (exact) mass is 339 g/mol. The maximum Gasteiger partial charge on any atom is 0.218 e. The van der Waals surface area contributed by atoms with Gasteiger partial charge in [0, 0.05) is 31.1 Å². The third-order valence-corrected chi connectivity index (χ3v) is 3.79. The first-order valence-electron chi connectivity index (χ1n) is 8.04. The number of aromatic nitrogens is 4. The molecule has 25 heavy (non-hydrogen) atoms. The molecular weight excluding hydrogens is 318 g/mol. The van der Waals surface area contributed by atoms with Gasteiger partial charge in [-0.3, -0.25) is 0 Å². The van der Waals surface area contributed by atoms with Gasteiger partial charge in [0.2, 0.25) is 5.88 Å². The lowest BCUT2D eigenvalue weighted by molar-refractivity contribution is 0.326. The lowest BCUT2D eigenvalue weighted by atomic mass is 10.0. The Morgan fingerprint density at radius 3 is 2.76 bits per heavy atom. The van der Waals surface area contributed by atoms with Crippen molar-refractivity contribution in [2.45, 2.75) is 13.0 Å². The largest absolute Gasteiger partial charge is 0.496 e. The van der Waals surface area contributed by atoms with Crippen molar-refractivity contribution in [3.8, 4) is 11.6 Å². The molecule has 0 bridgehead atoms. The molecule has 1 N–H and O–H groups in total. The lowest BCUT2D eigenvalue weighted by Gasteiger charge is -2.21. The molecule has 0 aliphatic carbocycles. The Morgan fingerprint density at radius 2 is 2.04 bits per heavy atom. The van der Waals surface area contributed by atoms with Crippen LogP contribution in [0.25, 0.3) is 0 Å². The number of aryl methyl sites for hydroxylation is 1. The smallest absolute Gasteiger partial charge is 0.218 e. The van der Waals surface area contributed by atoms with Gasteiger partial charge in [-0.25, -0.2) is 15.0 Å². The van der Waals surface area contributed by atoms with Gasteiger partial charge in [0.05, 0.1) is 13.7 Å². The van der Waals surface area contributed by atoms with Crippen LogP contribution < -0.4 is 14.8 Å². The molecule has 2 heterocycles. The molecule has 0 amide bonds. The van der Waals surface area contributed by atoms with Crippen molar-refractivity contribution in [3.63, 3.8) is 0 Å². The average Bonchev–Trinajstić information content (AvgIpc) is 3.06. The van der Waals surface area contributed by atoms with Crippen molar-refractivity contribution in [3.05, 3.63) is 60.4 Å². The molecular formula is C18H21N5O2. The SMILES string of the molecule is CCOc1cc(NC(c2ccccc2OC)c2nccn2C)ncn1. The second-order valence-corrected chi connectivity index (χ2v) is 5.39. The molecule has 0 saturated heterocycles. The Morgan fingerprint density at radius 1 is 1.20 bits per heavy atom. The van der Waals surface area contributed by atoms with Crippen LogP contribution in [0.1, 0.15) is 24.4 Å². The van der Waals surface area contributed by atoms with E-state index in [1.165, 1.54) is 6.33 Å². The summed E-state index contributed by atoms with van der Waals surface area (Å²) in [5.74, 6) is 2.80. The van der Waals surface area contributed by atoms with E-state index in [4.69, 9.17) is 9.47 Å². The summed E-state index contributed by atoms with van der Waals surface area (Å²) in [4.78, 5) is 12.9. The van der Waals surface area contributed by atoms with Crippen molar-refractivity contribution in [2.24, 2.45) is 7.05 Å². The van der Waals surface area contributed by atoms with Crippen molar-refractivity contribution in [1.29, 1.82) is 0 Å². The van der Waals surface area contributed by atoms with Gasteiger partial charge in [-0.15, -0.1) is 0 Å². The van der Waals surface area contributed by atoms with E-state index in [0.29, 0.717) is 18.3 Å². The van der Waals surface area contributed by atoms with Crippen LogP contribution in [-0.2, 0) is 7.05 Å². The van der Waals surface area contributed by atoms with E-state index < -0.39 is 0 Å². The Kier molecular flexibility index (Phi) is 5.13. The Labute approximate surface area is 146 Å². The topological polar surface area (TPSA) is 74.1 Å². The van der Waals surface area contributed by atoms with Gasteiger partial charge in [-0.2, -0.15) is 0 Å². The Balaban J connectivity index is 2.00. The highest BCUT2D eigenvalue weighted by Gasteiger charge is 2.22. The van der Waals surface area contributed by atoms with Crippen molar-refractivity contribution >= 4 is 5.82 Å². The fraction of sp³-hybridized carbons (Fsp3) is 0.278. The number of rotatable bonds is 7. The van der Waals surface area contributed by atoms with E-state index in [9.17, 15) is 0 Å². The second-order valence-electron chi connectivity index (χ2n) is 5.39. The molecule has 7 heteroatoms. The van der Waals surface area contributed by atoms with Gasteiger partial charge >= 0.3 is 0 Å². The molecule has 0 radical (unpaired) electrons. The lowest BCUT2D eigenvalue weighted by Crippen LogP contribution is -2.18. The summed E-state index contributed by atoms with van der Waals surface area (Å²) in [5, 5.41) is 3.42. The molecule has 0 aliphatic rings. The van der Waals surface area contributed by atoms with Gasteiger partial charge in [0.25, 0.3) is 0 Å². The first-order valence-corrected chi connectivity index (χ1v) is 8.04. The summed E-state index contributed by atoms with van der Waals surface area (Å²) in [5.41, 5.74) is 0.968. The van der Waals surface area contributed by atoms with Crippen molar-refractivity contribution < 1.29 is 9.47 Å². The van der Waals surface area contributed by atoms with E-state index in [0.717, 1.165) is 17.1 Å². The molecule has 130 valence electrons. The van der Waals surface area contributed by atoms with E-state index in [2.05, 4.69) is 20.3 Å². The molecule has 0 aliphatic heterocycles. The third-order valence-electron chi connectivity index (χ3n) is 3.79. The fourth-order valence-corrected chi connectivity index (χ4v) is 2.63. The Bertz CT molecular complexity index is 834. The van der Waals surface area contributed by atoms with E-state index >= 15 is 0 Å². The molecule has 0 fully saturated rings. The zero-order chi connectivity index (χ0) is 17.6. The van der Waals surface area contributed by atoms with Gasteiger partial charge in [-0.05, 0) is 13.0 Å². The molecule has 3 rings (SSSR count). The van der Waals surface area contributed by atoms with Crippen LogP contribution in [0, 0.1) is 0 Å². The highest BCUT2D eigenvalue weighted by molar-refractivity contribution is 5.47. The predicted molar refractivity (Wildman–Crippen MR) is 94.9 cm³/mol. The van der Waals surface area contributed by atoms with Gasteiger partial charge in [0.15, 0.2) is 0 Å². The zero-order valence-corrected chi connectivity index (χ0v) is 14.5. The highest BCUT2D eigenvalue weighted by atomic mass is 16.5. The average molecular weight is 339 g/mol. The maximum atomic E-state index is 5.53. The summed E-state index contributed by atoms with van der Waals surface area (Å²) in [6, 6.07) is 9.39. The van der Waals surface area contributed by atoms with Crippen LogP contribution in [0.5, 0.6) is 11.6 Å². The standard InChI is InChI=1S/C18H21N5O2/c1-4-25-16-11-15(20-12-21-16)22-17(18-19-9-10-23(18)2)13-7-5-6-8-14(13)24-3/h5-12,17H,4H2,1-3H3,(H,20,21,22). The number of para-hydroxylation sites is 1. The highest BCUT2D eigenvalue weighted by Crippen LogP contribution is 2.31. The summed E-state index contributed by atoms with van der Waals surface area (Å²) in [6.45, 7) is 2.46. The summed E-state index contributed by atoms with van der Waals surface area (Å²) in [6.07, 6.45) is 5.15. The van der Waals surface area contributed by atoms with Crippen LogP contribution in [0.15, 0.2) is 49.1 Å². The molecule has 3 aromatic rings. The van der Waals surface area contributed by atoms with E-state index in [1.807, 2.05) is 49.0 Å². The molecule has 1 atom stereocenters. The molecule has 2 aromatic heterocycles. The number of ether oxygens (including phenoxy) is 2. The maximum absolute atomic E-state index is 5.53. The zero-order valence-electron chi connectivity index (χ0n) is 14.5. The first-order chi connectivity index (χ1) is 12.2. The van der Waals surface area contributed by atoms with Crippen LogP contribution in [0.4, 0.5) is 5.82 Å². The summed E-state index contributed by atoms with van der Waals surface area (Å²) in [7, 11) is 3.62. The van der Waals surface area contributed by atoms with Gasteiger partial charge in [-0.1, -0.05) is 18.2 Å². The minimum absolute atomic E-state index is 0.236. The first kappa shape index (κ1) is 16.8. The normalized spacial score (nSPS) is 11.8. The molecule has 0 spiro atoms. The number of methoxy groups -OCH3 is 1.